The summed E-state index contributed by atoms with van der Waals surface area (Å²) in [5.74, 6) is 2.37. The van der Waals surface area contributed by atoms with E-state index in [1.54, 1.807) is 23.1 Å². The van der Waals surface area contributed by atoms with Gasteiger partial charge in [0, 0.05) is 63.4 Å². The van der Waals surface area contributed by atoms with Gasteiger partial charge in [-0.15, -0.1) is 0 Å². The lowest BCUT2D eigenvalue weighted by Crippen LogP contribution is -2.47. The zero-order valence-corrected chi connectivity index (χ0v) is 16.5. The van der Waals surface area contributed by atoms with Crippen LogP contribution >= 0.6 is 11.8 Å². The maximum atomic E-state index is 12.3. The van der Waals surface area contributed by atoms with E-state index in [9.17, 15) is 13.5 Å². The minimum Gasteiger partial charge on any atom is -0.396 e. The molecule has 0 radical (unpaired) electrons. The fourth-order valence-electron chi connectivity index (χ4n) is 3.06. The number of guanidine groups is 1. The van der Waals surface area contributed by atoms with Crippen molar-refractivity contribution in [3.8, 4) is 0 Å². The summed E-state index contributed by atoms with van der Waals surface area (Å²) in [6, 6.07) is 0. The van der Waals surface area contributed by atoms with Gasteiger partial charge in [0.1, 0.15) is 0 Å². The number of nitrogens with one attached hydrogen (secondary N) is 2. The molecule has 0 bridgehead atoms. The van der Waals surface area contributed by atoms with E-state index in [1.165, 1.54) is 0 Å². The van der Waals surface area contributed by atoms with Crippen molar-refractivity contribution in [2.24, 2.45) is 10.4 Å². The molecule has 0 aromatic rings. The van der Waals surface area contributed by atoms with Gasteiger partial charge in [0.2, 0.25) is 10.0 Å². The molecule has 25 heavy (non-hydrogen) atoms. The van der Waals surface area contributed by atoms with Gasteiger partial charge in [-0.2, -0.15) is 11.8 Å². The van der Waals surface area contributed by atoms with Crippen LogP contribution in [0.25, 0.3) is 0 Å². The Kier molecular flexibility index (Phi) is 8.27. The van der Waals surface area contributed by atoms with E-state index < -0.39 is 10.0 Å². The Hall–Kier alpha value is -0.550. The van der Waals surface area contributed by atoms with Gasteiger partial charge in [-0.1, -0.05) is 0 Å². The second-order valence-electron chi connectivity index (χ2n) is 6.46. The van der Waals surface area contributed by atoms with Gasteiger partial charge in [0.15, 0.2) is 5.96 Å². The standard InChI is InChI=1S/C15H30N4O4S2/c1-16-14(18-12-15(2-7-20)3-8-23-13-15)17-4-11-25(21,22)19-5-9-24-10-6-19/h20H,2-13H2,1H3,(H2,16,17,18). The van der Waals surface area contributed by atoms with Crippen LogP contribution in [0.15, 0.2) is 4.99 Å². The van der Waals surface area contributed by atoms with Crippen LogP contribution in [0.5, 0.6) is 0 Å². The first-order chi connectivity index (χ1) is 12.0. The molecule has 0 aromatic heterocycles. The summed E-state index contributed by atoms with van der Waals surface area (Å²) in [6.45, 7) is 3.62. The number of rotatable bonds is 8. The van der Waals surface area contributed by atoms with Crippen LogP contribution in [0.3, 0.4) is 0 Å². The summed E-state index contributed by atoms with van der Waals surface area (Å²) in [4.78, 5) is 4.15. The van der Waals surface area contributed by atoms with Gasteiger partial charge in [-0.25, -0.2) is 12.7 Å². The van der Waals surface area contributed by atoms with Crippen molar-refractivity contribution in [3.63, 3.8) is 0 Å². The number of ether oxygens (including phenoxy) is 1. The van der Waals surface area contributed by atoms with Crippen molar-refractivity contribution in [2.45, 2.75) is 12.8 Å². The molecular formula is C15H30N4O4S2. The Bertz CT molecular complexity index is 530. The minimum absolute atomic E-state index is 0.0588. The van der Waals surface area contributed by atoms with E-state index in [2.05, 4.69) is 15.6 Å². The molecule has 2 heterocycles. The molecule has 0 spiro atoms. The van der Waals surface area contributed by atoms with Crippen LogP contribution in [-0.2, 0) is 14.8 Å². The third kappa shape index (κ3) is 6.28. The van der Waals surface area contributed by atoms with E-state index >= 15 is 0 Å². The minimum atomic E-state index is -3.22. The number of aliphatic hydroxyl groups excluding tert-OH is 1. The Morgan fingerprint density at radius 3 is 2.72 bits per heavy atom. The smallest absolute Gasteiger partial charge is 0.215 e. The van der Waals surface area contributed by atoms with Crippen LogP contribution in [0.1, 0.15) is 12.8 Å². The lowest BCUT2D eigenvalue weighted by molar-refractivity contribution is 0.127. The quantitative estimate of drug-likeness (QED) is 0.370. The van der Waals surface area contributed by atoms with Gasteiger partial charge >= 0.3 is 0 Å². The third-order valence-electron chi connectivity index (χ3n) is 4.70. The molecule has 146 valence electrons. The van der Waals surface area contributed by atoms with Gasteiger partial charge < -0.3 is 20.5 Å². The normalized spacial score (nSPS) is 25.9. The van der Waals surface area contributed by atoms with E-state index in [1.807, 2.05) is 0 Å². The van der Waals surface area contributed by atoms with E-state index in [-0.39, 0.29) is 17.8 Å². The molecule has 1 unspecified atom stereocenters. The third-order valence-corrected chi connectivity index (χ3v) is 7.51. The van der Waals surface area contributed by atoms with Gasteiger partial charge in [0.05, 0.1) is 12.4 Å². The molecule has 3 N–H and O–H groups in total. The first kappa shape index (κ1) is 20.8. The average molecular weight is 395 g/mol. The summed E-state index contributed by atoms with van der Waals surface area (Å²) >= 11 is 1.79. The predicted octanol–water partition coefficient (Wildman–Crippen LogP) is -0.681. The highest BCUT2D eigenvalue weighted by Gasteiger charge is 2.34. The number of aliphatic imine (C=N–C) groups is 1. The summed E-state index contributed by atoms with van der Waals surface area (Å²) in [6.07, 6.45) is 1.58. The average Bonchev–Trinajstić information content (AvgIpc) is 3.08. The van der Waals surface area contributed by atoms with Gasteiger partial charge in [-0.05, 0) is 12.8 Å². The highest BCUT2D eigenvalue weighted by molar-refractivity contribution is 7.99. The van der Waals surface area contributed by atoms with Crippen LogP contribution in [0.4, 0.5) is 0 Å². The molecule has 2 fully saturated rings. The fourth-order valence-corrected chi connectivity index (χ4v) is 5.55. The molecule has 2 aliphatic heterocycles. The first-order valence-electron chi connectivity index (χ1n) is 8.70. The molecule has 10 heteroatoms. The Morgan fingerprint density at radius 2 is 2.12 bits per heavy atom. The highest BCUT2D eigenvalue weighted by atomic mass is 32.2. The second-order valence-corrected chi connectivity index (χ2v) is 9.77. The number of sulfonamides is 1. The van der Waals surface area contributed by atoms with Crippen LogP contribution in [0, 0.1) is 5.41 Å². The van der Waals surface area contributed by atoms with Crippen LogP contribution in [0.2, 0.25) is 0 Å². The number of hydrogen-bond acceptors (Lipinski definition) is 6. The van der Waals surface area contributed by atoms with Crippen molar-refractivity contribution in [2.75, 3.05) is 70.3 Å². The monoisotopic (exact) mass is 394 g/mol. The summed E-state index contributed by atoms with van der Waals surface area (Å²) in [5.41, 5.74) is -0.0795. The Labute approximate surface area is 154 Å². The largest absolute Gasteiger partial charge is 0.396 e. The lowest BCUT2D eigenvalue weighted by atomic mass is 9.84. The predicted molar refractivity (Wildman–Crippen MR) is 102 cm³/mol. The fraction of sp³-hybridized carbons (Fsp3) is 0.933. The molecule has 2 saturated heterocycles. The number of aliphatic hydroxyl groups is 1. The summed E-state index contributed by atoms with van der Waals surface area (Å²) in [5, 5.41) is 15.6. The van der Waals surface area contributed by atoms with Crippen molar-refractivity contribution in [1.29, 1.82) is 0 Å². The van der Waals surface area contributed by atoms with E-state index in [0.29, 0.717) is 51.8 Å². The SMILES string of the molecule is CN=C(NCCS(=O)(=O)N1CCSCC1)NCC1(CCO)CCOC1. The number of hydrogen-bond donors (Lipinski definition) is 3. The van der Waals surface area contributed by atoms with Crippen LogP contribution < -0.4 is 10.6 Å². The molecule has 2 rings (SSSR count). The van der Waals surface area contributed by atoms with E-state index in [4.69, 9.17) is 4.74 Å². The highest BCUT2D eigenvalue weighted by Crippen LogP contribution is 2.31. The first-order valence-corrected chi connectivity index (χ1v) is 11.5. The van der Waals surface area contributed by atoms with Crippen LogP contribution in [-0.4, -0.2) is 94.1 Å². The molecule has 8 nitrogen and oxygen atoms in total. The number of nitrogens with zero attached hydrogens (tertiary/aromatic N) is 2. The Balaban J connectivity index is 1.76. The van der Waals surface area contributed by atoms with Crippen molar-refractivity contribution in [1.82, 2.24) is 14.9 Å². The number of thioether (sulfide) groups is 1. The van der Waals surface area contributed by atoms with E-state index in [0.717, 1.165) is 17.9 Å². The molecule has 0 saturated carbocycles. The van der Waals surface area contributed by atoms with Crippen molar-refractivity contribution in [3.05, 3.63) is 0 Å². The molecule has 2 aliphatic rings. The van der Waals surface area contributed by atoms with Crippen molar-refractivity contribution >= 4 is 27.7 Å². The zero-order valence-electron chi connectivity index (χ0n) is 14.9. The molecule has 0 amide bonds. The Morgan fingerprint density at radius 1 is 1.36 bits per heavy atom. The maximum absolute atomic E-state index is 12.3. The van der Waals surface area contributed by atoms with Gasteiger partial charge in [-0.3, -0.25) is 4.99 Å². The maximum Gasteiger partial charge on any atom is 0.215 e. The van der Waals surface area contributed by atoms with Crippen molar-refractivity contribution < 1.29 is 18.3 Å². The topological polar surface area (TPSA) is 103 Å². The second kappa shape index (κ2) is 9.96. The lowest BCUT2D eigenvalue weighted by Gasteiger charge is -2.28. The molecule has 0 aliphatic carbocycles. The molecule has 0 aromatic carbocycles. The molecular weight excluding hydrogens is 364 g/mol. The van der Waals surface area contributed by atoms with Gasteiger partial charge in [0.25, 0.3) is 0 Å². The molecule has 1 atom stereocenters. The summed E-state index contributed by atoms with van der Waals surface area (Å²) < 4.78 is 31.7. The zero-order chi connectivity index (χ0) is 18.2. The summed E-state index contributed by atoms with van der Waals surface area (Å²) in [7, 11) is -1.55.